The van der Waals surface area contributed by atoms with E-state index in [0.29, 0.717) is 0 Å². The van der Waals surface area contributed by atoms with Gasteiger partial charge in [0.1, 0.15) is 0 Å². The molecule has 0 saturated carbocycles. The molecule has 1 nitrogen and oxygen atoms in total. The van der Waals surface area contributed by atoms with Gasteiger partial charge in [0.05, 0.1) is 0 Å². The van der Waals surface area contributed by atoms with Crippen LogP contribution in [0.4, 0.5) is 0 Å². The molecule has 0 aliphatic rings. The first kappa shape index (κ1) is 15.6. The van der Waals surface area contributed by atoms with Crippen LogP contribution >= 0.6 is 11.8 Å². The normalized spacial score (nSPS) is 11.9. The van der Waals surface area contributed by atoms with Gasteiger partial charge in [-0.1, -0.05) is 26.8 Å². The van der Waals surface area contributed by atoms with E-state index in [1.54, 1.807) is 0 Å². The van der Waals surface area contributed by atoms with Crippen molar-refractivity contribution < 1.29 is 0 Å². The SMILES string of the molecule is CSc1cc(CCCCN)cc(C(C)(C)C)c1C. The van der Waals surface area contributed by atoms with Gasteiger partial charge in [0.15, 0.2) is 0 Å². The van der Waals surface area contributed by atoms with Crippen LogP contribution in [-0.4, -0.2) is 12.8 Å². The molecule has 0 unspecified atom stereocenters. The van der Waals surface area contributed by atoms with E-state index in [4.69, 9.17) is 5.73 Å². The number of hydrogen-bond donors (Lipinski definition) is 1. The average Bonchev–Trinajstić information content (AvgIpc) is 2.29. The lowest BCUT2D eigenvalue weighted by molar-refractivity contribution is 0.582. The molecule has 0 amide bonds. The van der Waals surface area contributed by atoms with E-state index in [0.717, 1.165) is 19.4 Å². The topological polar surface area (TPSA) is 26.0 Å². The highest BCUT2D eigenvalue weighted by molar-refractivity contribution is 7.98. The van der Waals surface area contributed by atoms with E-state index in [1.807, 2.05) is 11.8 Å². The second kappa shape index (κ2) is 6.63. The fraction of sp³-hybridized carbons (Fsp3) is 0.625. The Balaban J connectivity index is 3.06. The largest absolute Gasteiger partial charge is 0.330 e. The maximum atomic E-state index is 5.57. The van der Waals surface area contributed by atoms with Crippen LogP contribution in [0.5, 0.6) is 0 Å². The van der Waals surface area contributed by atoms with Crippen LogP contribution in [0.2, 0.25) is 0 Å². The van der Waals surface area contributed by atoms with Crippen molar-refractivity contribution in [3.8, 4) is 0 Å². The first-order valence-corrected chi connectivity index (χ1v) is 8.00. The van der Waals surface area contributed by atoms with E-state index in [-0.39, 0.29) is 5.41 Å². The van der Waals surface area contributed by atoms with Crippen LogP contribution < -0.4 is 5.73 Å². The standard InChI is InChI=1S/C16H27NS/c1-12-14(16(2,3)4)10-13(8-6-7-9-17)11-15(12)18-5/h10-11H,6-9,17H2,1-5H3. The molecule has 0 aromatic heterocycles. The summed E-state index contributed by atoms with van der Waals surface area (Å²) in [5, 5.41) is 0. The fourth-order valence-electron chi connectivity index (χ4n) is 2.35. The first-order valence-electron chi connectivity index (χ1n) is 6.78. The molecule has 0 atom stereocenters. The summed E-state index contributed by atoms with van der Waals surface area (Å²) >= 11 is 1.85. The van der Waals surface area contributed by atoms with Gasteiger partial charge in [-0.05, 0) is 67.2 Å². The highest BCUT2D eigenvalue weighted by Crippen LogP contribution is 2.33. The van der Waals surface area contributed by atoms with E-state index >= 15 is 0 Å². The van der Waals surface area contributed by atoms with E-state index in [2.05, 4.69) is 46.1 Å². The van der Waals surface area contributed by atoms with E-state index in [9.17, 15) is 0 Å². The molecule has 1 rings (SSSR count). The highest BCUT2D eigenvalue weighted by Gasteiger charge is 2.18. The molecule has 0 aliphatic heterocycles. The summed E-state index contributed by atoms with van der Waals surface area (Å²) in [6.07, 6.45) is 5.62. The Morgan fingerprint density at radius 2 is 1.83 bits per heavy atom. The molecular weight excluding hydrogens is 238 g/mol. The van der Waals surface area contributed by atoms with E-state index in [1.165, 1.54) is 28.0 Å². The number of aryl methyl sites for hydroxylation is 1. The molecule has 0 radical (unpaired) electrons. The smallest absolute Gasteiger partial charge is 0.0104 e. The van der Waals surface area contributed by atoms with Gasteiger partial charge in [0.2, 0.25) is 0 Å². The zero-order valence-corrected chi connectivity index (χ0v) is 13.3. The van der Waals surface area contributed by atoms with Crippen LogP contribution in [0.1, 0.15) is 50.3 Å². The number of thioether (sulfide) groups is 1. The zero-order chi connectivity index (χ0) is 13.8. The molecule has 2 heteroatoms. The van der Waals surface area contributed by atoms with Crippen molar-refractivity contribution in [2.75, 3.05) is 12.8 Å². The third-order valence-corrected chi connectivity index (χ3v) is 4.23. The number of nitrogens with two attached hydrogens (primary N) is 1. The van der Waals surface area contributed by atoms with Crippen molar-refractivity contribution in [1.82, 2.24) is 0 Å². The predicted octanol–water partition coefficient (Wildman–Crippen LogP) is 4.30. The zero-order valence-electron chi connectivity index (χ0n) is 12.5. The van der Waals surface area contributed by atoms with Gasteiger partial charge in [-0.2, -0.15) is 0 Å². The van der Waals surface area contributed by atoms with Crippen molar-refractivity contribution in [3.05, 3.63) is 28.8 Å². The Kier molecular flexibility index (Phi) is 5.74. The Bertz CT molecular complexity index is 391. The molecule has 0 saturated heterocycles. The third-order valence-electron chi connectivity index (χ3n) is 3.37. The van der Waals surface area contributed by atoms with Crippen LogP contribution in [-0.2, 0) is 11.8 Å². The lowest BCUT2D eigenvalue weighted by atomic mass is 9.82. The quantitative estimate of drug-likeness (QED) is 0.634. The summed E-state index contributed by atoms with van der Waals surface area (Å²) in [5.41, 5.74) is 10.2. The summed E-state index contributed by atoms with van der Waals surface area (Å²) in [6.45, 7) is 9.93. The Morgan fingerprint density at radius 3 is 2.33 bits per heavy atom. The highest BCUT2D eigenvalue weighted by atomic mass is 32.2. The maximum absolute atomic E-state index is 5.57. The second-order valence-electron chi connectivity index (χ2n) is 5.97. The Labute approximate surface area is 117 Å². The summed E-state index contributed by atoms with van der Waals surface area (Å²) < 4.78 is 0. The molecule has 1 aromatic rings. The monoisotopic (exact) mass is 265 g/mol. The van der Waals surface area contributed by atoms with Crippen LogP contribution in [0.25, 0.3) is 0 Å². The number of rotatable bonds is 5. The van der Waals surface area contributed by atoms with Gasteiger partial charge in [-0.25, -0.2) is 0 Å². The van der Waals surface area contributed by atoms with Crippen molar-refractivity contribution in [2.45, 2.75) is 57.3 Å². The van der Waals surface area contributed by atoms with Crippen molar-refractivity contribution in [1.29, 1.82) is 0 Å². The molecule has 0 aliphatic carbocycles. The minimum Gasteiger partial charge on any atom is -0.330 e. The molecule has 0 heterocycles. The maximum Gasteiger partial charge on any atom is 0.0104 e. The second-order valence-corrected chi connectivity index (χ2v) is 6.81. The predicted molar refractivity (Wildman–Crippen MR) is 83.7 cm³/mol. The van der Waals surface area contributed by atoms with Crippen molar-refractivity contribution >= 4 is 11.8 Å². The van der Waals surface area contributed by atoms with Gasteiger partial charge in [0, 0.05) is 4.90 Å². The summed E-state index contributed by atoms with van der Waals surface area (Å²) in [6, 6.07) is 4.75. The lowest BCUT2D eigenvalue weighted by Crippen LogP contribution is -2.14. The summed E-state index contributed by atoms with van der Waals surface area (Å²) in [5.74, 6) is 0. The lowest BCUT2D eigenvalue weighted by Gasteiger charge is -2.24. The number of unbranched alkanes of at least 4 members (excludes halogenated alkanes) is 1. The fourth-order valence-corrected chi connectivity index (χ4v) is 3.04. The van der Waals surface area contributed by atoms with Gasteiger partial charge in [-0.15, -0.1) is 11.8 Å². The Hall–Kier alpha value is -0.470. The third kappa shape index (κ3) is 4.03. The number of benzene rings is 1. The molecule has 18 heavy (non-hydrogen) atoms. The minimum atomic E-state index is 0.221. The summed E-state index contributed by atoms with van der Waals surface area (Å²) in [7, 11) is 0. The van der Waals surface area contributed by atoms with Gasteiger partial charge >= 0.3 is 0 Å². The summed E-state index contributed by atoms with van der Waals surface area (Å²) in [4.78, 5) is 1.42. The molecule has 0 bridgehead atoms. The first-order chi connectivity index (χ1) is 8.40. The molecule has 1 aromatic carbocycles. The van der Waals surface area contributed by atoms with E-state index < -0.39 is 0 Å². The Morgan fingerprint density at radius 1 is 1.17 bits per heavy atom. The van der Waals surface area contributed by atoms with Gasteiger partial charge < -0.3 is 5.73 Å². The van der Waals surface area contributed by atoms with Crippen molar-refractivity contribution in [3.63, 3.8) is 0 Å². The van der Waals surface area contributed by atoms with Crippen LogP contribution in [0.3, 0.4) is 0 Å². The molecular formula is C16H27NS. The van der Waals surface area contributed by atoms with Crippen LogP contribution in [0, 0.1) is 6.92 Å². The molecule has 2 N–H and O–H groups in total. The molecule has 0 spiro atoms. The molecule has 102 valence electrons. The number of hydrogen-bond acceptors (Lipinski definition) is 2. The average molecular weight is 265 g/mol. The van der Waals surface area contributed by atoms with Gasteiger partial charge in [0.25, 0.3) is 0 Å². The minimum absolute atomic E-state index is 0.221. The van der Waals surface area contributed by atoms with Crippen molar-refractivity contribution in [2.24, 2.45) is 5.73 Å². The molecule has 0 fully saturated rings. The van der Waals surface area contributed by atoms with Gasteiger partial charge in [-0.3, -0.25) is 0 Å². The van der Waals surface area contributed by atoms with Crippen LogP contribution in [0.15, 0.2) is 17.0 Å².